The molecule has 0 saturated heterocycles. The van der Waals surface area contributed by atoms with Crippen LogP contribution in [-0.4, -0.2) is 0 Å². The molecule has 0 radical (unpaired) electrons. The molecule has 5 atom stereocenters. The van der Waals surface area contributed by atoms with Crippen LogP contribution >= 0.6 is 0 Å². The Morgan fingerprint density at radius 2 is 1.83 bits per heavy atom. The highest BCUT2D eigenvalue weighted by Gasteiger charge is 2.57. The Balaban J connectivity index is 1.73. The quantitative estimate of drug-likeness (QED) is 0.453. The molecular weight excluding hydrogens is 362 g/mol. The molecular formula is C29H40N+. The van der Waals surface area contributed by atoms with Crippen molar-refractivity contribution in [3.8, 4) is 11.3 Å². The van der Waals surface area contributed by atoms with Gasteiger partial charge in [0.1, 0.15) is 0 Å². The molecule has 4 aliphatic rings. The second-order valence-electron chi connectivity index (χ2n) is 10.8. The molecule has 1 saturated carbocycles. The van der Waals surface area contributed by atoms with Crippen LogP contribution in [0, 0.1) is 5.92 Å². The minimum atomic E-state index is 0.106. The third kappa shape index (κ3) is 2.56. The minimum Gasteiger partial charge on any atom is -0.192 e. The Kier molecular flexibility index (Phi) is 4.88. The van der Waals surface area contributed by atoms with Gasteiger partial charge in [-0.25, -0.2) is 0 Å². The van der Waals surface area contributed by atoms with Gasteiger partial charge in [-0.2, -0.15) is 4.57 Å². The molecule has 1 heteroatoms. The standard InChI is InChI=1S/C29H40N/c1-6-9-12-20-17-21-14-15-22(20)24-19-26-25(18-23(21)24)27-13-10-11-16-30(27)29(5,8-3)28(26,4)7-2/h10-11,13,16,18-22H,6-9,12,14-15,17H2,1-5H3/q+1. The number of fused-ring (bicyclic) bond motifs is 5. The van der Waals surface area contributed by atoms with Gasteiger partial charge in [0.15, 0.2) is 11.7 Å². The Labute approximate surface area is 183 Å². The van der Waals surface area contributed by atoms with E-state index < -0.39 is 0 Å². The third-order valence-electron chi connectivity index (χ3n) is 9.82. The van der Waals surface area contributed by atoms with Crippen molar-refractivity contribution in [2.45, 2.75) is 109 Å². The van der Waals surface area contributed by atoms with Gasteiger partial charge in [0.2, 0.25) is 5.69 Å². The molecule has 1 aliphatic heterocycles. The highest BCUT2D eigenvalue weighted by Crippen LogP contribution is 2.57. The summed E-state index contributed by atoms with van der Waals surface area (Å²) in [5.74, 6) is 2.52. The zero-order valence-electron chi connectivity index (χ0n) is 19.8. The molecule has 0 N–H and O–H groups in total. The van der Waals surface area contributed by atoms with E-state index >= 15 is 0 Å². The Morgan fingerprint density at radius 3 is 2.57 bits per heavy atom. The van der Waals surface area contributed by atoms with Crippen molar-refractivity contribution in [3.63, 3.8) is 0 Å². The lowest BCUT2D eigenvalue weighted by atomic mass is 9.56. The van der Waals surface area contributed by atoms with E-state index in [2.05, 4.69) is 75.7 Å². The van der Waals surface area contributed by atoms with Gasteiger partial charge in [0, 0.05) is 25.5 Å². The molecule has 1 aromatic heterocycles. The first kappa shape index (κ1) is 20.3. The maximum atomic E-state index is 2.72. The summed E-state index contributed by atoms with van der Waals surface area (Å²) in [5, 5.41) is 0. The number of unbranched alkanes of at least 4 members (excludes halogenated alkanes) is 1. The van der Waals surface area contributed by atoms with E-state index in [1.807, 2.05) is 0 Å². The average Bonchev–Trinajstić information content (AvgIpc) is 2.80. The zero-order valence-corrected chi connectivity index (χ0v) is 19.8. The average molecular weight is 403 g/mol. The van der Waals surface area contributed by atoms with Crippen LogP contribution in [0.25, 0.3) is 11.3 Å². The first-order valence-corrected chi connectivity index (χ1v) is 12.7. The smallest absolute Gasteiger partial charge is 0.192 e. The van der Waals surface area contributed by atoms with Gasteiger partial charge < -0.3 is 0 Å². The number of pyridine rings is 1. The molecule has 0 amide bonds. The van der Waals surface area contributed by atoms with Crippen LogP contribution in [0.5, 0.6) is 0 Å². The predicted molar refractivity (Wildman–Crippen MR) is 126 cm³/mol. The molecule has 1 aromatic carbocycles. The molecule has 30 heavy (non-hydrogen) atoms. The highest BCUT2D eigenvalue weighted by atomic mass is 15.1. The fraction of sp³-hybridized carbons (Fsp3) is 0.621. The number of rotatable bonds is 5. The fourth-order valence-corrected chi connectivity index (χ4v) is 7.50. The van der Waals surface area contributed by atoms with Crippen LogP contribution in [0.1, 0.15) is 115 Å². The van der Waals surface area contributed by atoms with Crippen LogP contribution in [0.2, 0.25) is 0 Å². The molecule has 160 valence electrons. The van der Waals surface area contributed by atoms with E-state index in [-0.39, 0.29) is 11.0 Å². The van der Waals surface area contributed by atoms with E-state index in [4.69, 9.17) is 0 Å². The summed E-state index contributed by atoms with van der Waals surface area (Å²) in [7, 11) is 0. The third-order valence-corrected chi connectivity index (χ3v) is 9.82. The first-order valence-electron chi connectivity index (χ1n) is 12.7. The topological polar surface area (TPSA) is 3.88 Å². The Morgan fingerprint density at radius 1 is 1.00 bits per heavy atom. The van der Waals surface area contributed by atoms with Crippen LogP contribution in [0.3, 0.4) is 0 Å². The summed E-state index contributed by atoms with van der Waals surface area (Å²) < 4.78 is 2.61. The minimum absolute atomic E-state index is 0.106. The molecule has 6 rings (SSSR count). The summed E-state index contributed by atoms with van der Waals surface area (Å²) in [5.41, 5.74) is 8.26. The van der Waals surface area contributed by atoms with E-state index in [9.17, 15) is 0 Å². The summed E-state index contributed by atoms with van der Waals surface area (Å²) in [6.07, 6.45) is 13.1. The van der Waals surface area contributed by atoms with Crippen LogP contribution in [0.4, 0.5) is 0 Å². The van der Waals surface area contributed by atoms with Crippen molar-refractivity contribution in [2.75, 3.05) is 0 Å². The zero-order chi connectivity index (χ0) is 21.1. The van der Waals surface area contributed by atoms with Crippen LogP contribution in [-0.2, 0) is 11.0 Å². The van der Waals surface area contributed by atoms with Gasteiger partial charge in [-0.15, -0.1) is 0 Å². The molecule has 1 nitrogen and oxygen atoms in total. The maximum Gasteiger partial charge on any atom is 0.213 e. The van der Waals surface area contributed by atoms with E-state index in [1.54, 1.807) is 16.7 Å². The van der Waals surface area contributed by atoms with Gasteiger partial charge >= 0.3 is 0 Å². The van der Waals surface area contributed by atoms with Crippen LogP contribution in [0.15, 0.2) is 36.5 Å². The van der Waals surface area contributed by atoms with Gasteiger partial charge in [-0.05, 0) is 85.6 Å². The number of hydrogen-bond donors (Lipinski definition) is 0. The Bertz CT molecular complexity index is 959. The van der Waals surface area contributed by atoms with Gasteiger partial charge in [-0.1, -0.05) is 39.7 Å². The summed E-state index contributed by atoms with van der Waals surface area (Å²) in [6.45, 7) is 12.2. The van der Waals surface area contributed by atoms with Crippen LogP contribution < -0.4 is 4.57 Å². The summed E-state index contributed by atoms with van der Waals surface area (Å²) >= 11 is 0. The molecule has 2 bridgehead atoms. The molecule has 2 aromatic rings. The first-order chi connectivity index (χ1) is 14.5. The largest absolute Gasteiger partial charge is 0.213 e. The molecule has 2 heterocycles. The summed E-state index contributed by atoms with van der Waals surface area (Å²) in [6, 6.07) is 12.2. The maximum absolute atomic E-state index is 2.72. The molecule has 0 spiro atoms. The lowest BCUT2D eigenvalue weighted by molar-refractivity contribution is -0.765. The van der Waals surface area contributed by atoms with Gasteiger partial charge in [0.25, 0.3) is 0 Å². The molecule has 3 aliphatic carbocycles. The van der Waals surface area contributed by atoms with E-state index in [1.165, 1.54) is 56.2 Å². The number of benzene rings is 1. The normalized spacial score (nSPS) is 33.7. The molecule has 1 fully saturated rings. The lowest BCUT2D eigenvalue weighted by Gasteiger charge is -2.49. The van der Waals surface area contributed by atoms with Crippen molar-refractivity contribution >= 4 is 0 Å². The number of aromatic nitrogens is 1. The Hall–Kier alpha value is -1.63. The molecule has 5 unspecified atom stereocenters. The second-order valence-corrected chi connectivity index (χ2v) is 10.8. The highest BCUT2D eigenvalue weighted by molar-refractivity contribution is 5.69. The van der Waals surface area contributed by atoms with Crippen molar-refractivity contribution in [3.05, 3.63) is 53.2 Å². The van der Waals surface area contributed by atoms with Gasteiger partial charge in [-0.3, -0.25) is 0 Å². The van der Waals surface area contributed by atoms with Gasteiger partial charge in [0.05, 0.1) is 11.0 Å². The van der Waals surface area contributed by atoms with E-state index in [0.29, 0.717) is 0 Å². The van der Waals surface area contributed by atoms with E-state index in [0.717, 1.165) is 24.2 Å². The van der Waals surface area contributed by atoms with Crippen molar-refractivity contribution < 1.29 is 4.57 Å². The number of nitrogens with zero attached hydrogens (tertiary/aromatic N) is 1. The number of hydrogen-bond acceptors (Lipinski definition) is 0. The van der Waals surface area contributed by atoms with Crippen molar-refractivity contribution in [1.82, 2.24) is 0 Å². The van der Waals surface area contributed by atoms with Crippen molar-refractivity contribution in [2.24, 2.45) is 5.92 Å². The fourth-order valence-electron chi connectivity index (χ4n) is 7.50. The summed E-state index contributed by atoms with van der Waals surface area (Å²) in [4.78, 5) is 0. The lowest BCUT2D eigenvalue weighted by Crippen LogP contribution is -2.67. The second kappa shape index (κ2) is 7.21. The SMILES string of the molecule is CCCCC1CC2CCC1c1cc3c(cc12)-c1cccc[n+]1C(C)(CC)C3(C)CC. The van der Waals surface area contributed by atoms with Crippen molar-refractivity contribution in [1.29, 1.82) is 0 Å². The predicted octanol–water partition coefficient (Wildman–Crippen LogP) is 7.62. The monoisotopic (exact) mass is 402 g/mol.